The second-order valence-corrected chi connectivity index (χ2v) is 6.02. The molecule has 0 amide bonds. The smallest absolute Gasteiger partial charge is 0.311 e. The zero-order valence-electron chi connectivity index (χ0n) is 12.1. The predicted molar refractivity (Wildman–Crippen MR) is 66.4 cm³/mol. The van der Waals surface area contributed by atoms with Crippen LogP contribution in [0.25, 0.3) is 0 Å². The summed E-state index contributed by atoms with van der Waals surface area (Å²) >= 11 is 0. The van der Waals surface area contributed by atoms with Crippen LogP contribution in [-0.4, -0.2) is 24.8 Å². The molecule has 1 atom stereocenters. The van der Waals surface area contributed by atoms with Crippen LogP contribution in [-0.2, 0) is 19.3 Å². The normalized spacial score (nSPS) is 14.5. The van der Waals surface area contributed by atoms with Crippen LogP contribution in [0.1, 0.15) is 54.4 Å². The van der Waals surface area contributed by atoms with Gasteiger partial charge >= 0.3 is 5.97 Å². The van der Waals surface area contributed by atoms with Gasteiger partial charge in [0, 0.05) is 0 Å². The van der Waals surface area contributed by atoms with E-state index in [4.69, 9.17) is 14.5 Å². The van der Waals surface area contributed by atoms with Crippen molar-refractivity contribution in [2.24, 2.45) is 5.41 Å². The topological polar surface area (TPSA) is 44.8 Å². The number of hydrogen-bond donors (Lipinski definition) is 0. The molecule has 0 bridgehead atoms. The van der Waals surface area contributed by atoms with Gasteiger partial charge < -0.3 is 4.74 Å². The number of carbonyl (C=O) groups is 1. The molecule has 0 aromatic carbocycles. The molecule has 0 N–H and O–H groups in total. The number of hydrogen-bond acceptors (Lipinski definition) is 4. The molecular formula is C13H26O4. The fraction of sp³-hybridized carbons (Fsp3) is 0.923. The zero-order chi connectivity index (χ0) is 13.7. The molecule has 0 saturated carbocycles. The van der Waals surface area contributed by atoms with E-state index in [1.165, 1.54) is 7.11 Å². The van der Waals surface area contributed by atoms with Crippen molar-refractivity contribution in [1.82, 2.24) is 0 Å². The van der Waals surface area contributed by atoms with Crippen LogP contribution in [0, 0.1) is 5.41 Å². The number of esters is 1. The highest BCUT2D eigenvalue weighted by atomic mass is 17.2. The Morgan fingerprint density at radius 3 is 2.12 bits per heavy atom. The van der Waals surface area contributed by atoms with E-state index in [1.54, 1.807) is 0 Å². The van der Waals surface area contributed by atoms with Crippen LogP contribution in [0.3, 0.4) is 0 Å². The molecule has 0 aromatic rings. The van der Waals surface area contributed by atoms with Gasteiger partial charge in [-0.1, -0.05) is 0 Å². The minimum Gasteiger partial charge on any atom is -0.469 e. The van der Waals surface area contributed by atoms with Crippen molar-refractivity contribution in [2.75, 3.05) is 7.11 Å². The van der Waals surface area contributed by atoms with Gasteiger partial charge in [0.2, 0.25) is 0 Å². The van der Waals surface area contributed by atoms with Crippen LogP contribution < -0.4 is 0 Å². The molecule has 0 saturated heterocycles. The highest BCUT2D eigenvalue weighted by Crippen LogP contribution is 2.25. The van der Waals surface area contributed by atoms with Gasteiger partial charge in [0.25, 0.3) is 0 Å². The van der Waals surface area contributed by atoms with Crippen molar-refractivity contribution in [3.8, 4) is 0 Å². The van der Waals surface area contributed by atoms with Crippen molar-refractivity contribution in [3.05, 3.63) is 0 Å². The van der Waals surface area contributed by atoms with Crippen LogP contribution >= 0.6 is 0 Å². The monoisotopic (exact) mass is 246 g/mol. The Kier molecular flexibility index (Phi) is 6.13. The molecule has 0 aliphatic rings. The van der Waals surface area contributed by atoms with Gasteiger partial charge in [0.1, 0.15) is 0 Å². The Balaban J connectivity index is 3.99. The summed E-state index contributed by atoms with van der Waals surface area (Å²) in [6, 6.07) is 0. The van der Waals surface area contributed by atoms with Crippen molar-refractivity contribution < 1.29 is 19.3 Å². The Labute approximate surface area is 105 Å². The molecule has 1 unspecified atom stereocenters. The van der Waals surface area contributed by atoms with E-state index >= 15 is 0 Å². The van der Waals surface area contributed by atoms with Crippen LogP contribution in [0.2, 0.25) is 0 Å². The van der Waals surface area contributed by atoms with Crippen molar-refractivity contribution in [1.29, 1.82) is 0 Å². The standard InChI is InChI=1S/C13H26O4/c1-10(16-17-12(2,3)4)8-9-13(5,6)11(14)15-7/h10H,8-9H2,1-7H3. The summed E-state index contributed by atoms with van der Waals surface area (Å²) in [4.78, 5) is 22.0. The van der Waals surface area contributed by atoms with Gasteiger partial charge in [-0.3, -0.25) is 4.79 Å². The van der Waals surface area contributed by atoms with E-state index in [0.717, 1.165) is 6.42 Å². The third-order valence-electron chi connectivity index (χ3n) is 2.38. The first-order valence-corrected chi connectivity index (χ1v) is 6.01. The highest BCUT2D eigenvalue weighted by molar-refractivity contribution is 5.75. The summed E-state index contributed by atoms with van der Waals surface area (Å²) in [6.07, 6.45) is 1.41. The largest absolute Gasteiger partial charge is 0.469 e. The van der Waals surface area contributed by atoms with Crippen molar-refractivity contribution >= 4 is 5.97 Å². The molecule has 102 valence electrons. The number of rotatable bonds is 6. The third kappa shape index (κ3) is 7.34. The summed E-state index contributed by atoms with van der Waals surface area (Å²) in [5.74, 6) is -0.193. The van der Waals surface area contributed by atoms with Gasteiger partial charge in [-0.25, -0.2) is 9.78 Å². The summed E-state index contributed by atoms with van der Waals surface area (Å²) in [7, 11) is 1.41. The lowest BCUT2D eigenvalue weighted by molar-refractivity contribution is -0.371. The molecule has 0 spiro atoms. The van der Waals surface area contributed by atoms with Gasteiger partial charge in [-0.15, -0.1) is 0 Å². The quantitative estimate of drug-likeness (QED) is 0.410. The first-order valence-electron chi connectivity index (χ1n) is 6.01. The Morgan fingerprint density at radius 1 is 1.18 bits per heavy atom. The summed E-state index contributed by atoms with van der Waals surface area (Å²) in [5.41, 5.74) is -0.791. The van der Waals surface area contributed by atoms with Gasteiger partial charge in [0.15, 0.2) is 0 Å². The maximum Gasteiger partial charge on any atom is 0.311 e. The molecule has 0 aliphatic heterocycles. The molecule has 0 rings (SSSR count). The predicted octanol–water partition coefficient (Wildman–Crippen LogP) is 3.10. The van der Waals surface area contributed by atoms with Crippen LogP contribution in [0.4, 0.5) is 0 Å². The fourth-order valence-corrected chi connectivity index (χ4v) is 1.22. The first kappa shape index (κ1) is 16.4. The Morgan fingerprint density at radius 2 is 1.71 bits per heavy atom. The molecule has 0 fully saturated rings. The van der Waals surface area contributed by atoms with Gasteiger partial charge in [-0.2, -0.15) is 0 Å². The van der Waals surface area contributed by atoms with E-state index < -0.39 is 5.41 Å². The van der Waals surface area contributed by atoms with E-state index in [1.807, 2.05) is 41.5 Å². The average molecular weight is 246 g/mol. The Hall–Kier alpha value is -0.610. The fourth-order valence-electron chi connectivity index (χ4n) is 1.22. The molecule has 0 aromatic heterocycles. The summed E-state index contributed by atoms with van der Waals surface area (Å²) in [6.45, 7) is 11.5. The molecule has 0 radical (unpaired) electrons. The SMILES string of the molecule is COC(=O)C(C)(C)CCC(C)OOC(C)(C)C. The van der Waals surface area contributed by atoms with E-state index in [2.05, 4.69) is 0 Å². The van der Waals surface area contributed by atoms with Gasteiger partial charge in [-0.05, 0) is 54.4 Å². The maximum absolute atomic E-state index is 11.5. The average Bonchev–Trinajstić information content (AvgIpc) is 2.21. The summed E-state index contributed by atoms with van der Waals surface area (Å²) < 4.78 is 4.75. The van der Waals surface area contributed by atoms with Crippen LogP contribution in [0.15, 0.2) is 0 Å². The Bertz CT molecular complexity index is 240. The molecule has 0 heterocycles. The minimum atomic E-state index is -0.478. The highest BCUT2D eigenvalue weighted by Gasteiger charge is 2.29. The number of methoxy groups -OCH3 is 1. The summed E-state index contributed by atoms with van der Waals surface area (Å²) in [5, 5.41) is 0. The lowest BCUT2D eigenvalue weighted by Gasteiger charge is -2.25. The first-order chi connectivity index (χ1) is 7.58. The zero-order valence-corrected chi connectivity index (χ0v) is 12.1. The second kappa shape index (κ2) is 6.36. The van der Waals surface area contributed by atoms with E-state index in [0.29, 0.717) is 6.42 Å². The number of carbonyl (C=O) groups excluding carboxylic acids is 1. The number of ether oxygens (including phenoxy) is 1. The molecule has 17 heavy (non-hydrogen) atoms. The lowest BCUT2D eigenvalue weighted by Crippen LogP contribution is -2.28. The maximum atomic E-state index is 11.5. The lowest BCUT2D eigenvalue weighted by atomic mass is 9.87. The van der Waals surface area contributed by atoms with Crippen LogP contribution in [0.5, 0.6) is 0 Å². The van der Waals surface area contributed by atoms with Gasteiger partial charge in [0.05, 0.1) is 24.2 Å². The van der Waals surface area contributed by atoms with Crippen molar-refractivity contribution in [3.63, 3.8) is 0 Å². The molecule has 0 aliphatic carbocycles. The molecular weight excluding hydrogens is 220 g/mol. The minimum absolute atomic E-state index is 0.0434. The van der Waals surface area contributed by atoms with Crippen molar-refractivity contribution in [2.45, 2.75) is 66.1 Å². The molecule has 4 nitrogen and oxygen atoms in total. The second-order valence-electron chi connectivity index (χ2n) is 6.02. The van der Waals surface area contributed by atoms with E-state index in [-0.39, 0.29) is 17.7 Å². The molecule has 4 heteroatoms. The third-order valence-corrected chi connectivity index (χ3v) is 2.38. The van der Waals surface area contributed by atoms with E-state index in [9.17, 15) is 4.79 Å².